The Kier molecular flexibility index (Phi) is 4.78. The molecule has 0 amide bonds. The number of hydrogen-bond acceptors (Lipinski definition) is 2. The number of hydrogen-bond donors (Lipinski definition) is 1. The van der Waals surface area contributed by atoms with Crippen molar-refractivity contribution in [2.24, 2.45) is 0 Å². The summed E-state index contributed by atoms with van der Waals surface area (Å²) in [5.41, 5.74) is 1.75. The van der Waals surface area contributed by atoms with E-state index in [0.717, 1.165) is 20.1 Å². The first-order valence-electron chi connectivity index (χ1n) is 5.28. The van der Waals surface area contributed by atoms with Gasteiger partial charge in [0.1, 0.15) is 0 Å². The van der Waals surface area contributed by atoms with Crippen molar-refractivity contribution in [1.29, 1.82) is 0 Å². The zero-order chi connectivity index (χ0) is 13.1. The predicted molar refractivity (Wildman–Crippen MR) is 79.8 cm³/mol. The molecule has 2 aromatic rings. The Morgan fingerprint density at radius 3 is 2.56 bits per heavy atom. The van der Waals surface area contributed by atoms with E-state index in [1.807, 2.05) is 12.1 Å². The predicted octanol–water partition coefficient (Wildman–Crippen LogP) is 4.54. The molecule has 1 heterocycles. The van der Waals surface area contributed by atoms with Crippen LogP contribution >= 0.6 is 43.5 Å². The third-order valence-corrected chi connectivity index (χ3v) is 3.57. The van der Waals surface area contributed by atoms with Gasteiger partial charge < -0.3 is 5.11 Å². The van der Waals surface area contributed by atoms with Gasteiger partial charge in [0.25, 0.3) is 0 Å². The van der Waals surface area contributed by atoms with Crippen molar-refractivity contribution in [1.82, 2.24) is 4.98 Å². The van der Waals surface area contributed by atoms with Crippen molar-refractivity contribution in [3.63, 3.8) is 0 Å². The fraction of sp³-hybridized carbons (Fsp3) is 0.154. The zero-order valence-corrected chi connectivity index (χ0v) is 13.2. The molecule has 0 saturated carbocycles. The summed E-state index contributed by atoms with van der Waals surface area (Å²) in [6, 6.07) is 7.36. The standard InChI is InChI=1S/C13H10Br2ClNO/c14-10-3-9(4-12(16)5-10)13(18)2-8-1-11(15)7-17-6-8/h1,3-7,13,18H,2H2. The quantitative estimate of drug-likeness (QED) is 0.834. The van der Waals surface area contributed by atoms with Crippen molar-refractivity contribution in [2.45, 2.75) is 12.5 Å². The number of pyridine rings is 1. The van der Waals surface area contributed by atoms with E-state index in [1.165, 1.54) is 0 Å². The molecule has 0 spiro atoms. The summed E-state index contributed by atoms with van der Waals surface area (Å²) in [4.78, 5) is 4.07. The van der Waals surface area contributed by atoms with Crippen LogP contribution < -0.4 is 0 Å². The van der Waals surface area contributed by atoms with E-state index in [2.05, 4.69) is 36.8 Å². The first-order valence-corrected chi connectivity index (χ1v) is 7.24. The molecule has 2 nitrogen and oxygen atoms in total. The van der Waals surface area contributed by atoms with Gasteiger partial charge in [-0.1, -0.05) is 27.5 Å². The molecule has 1 N–H and O–H groups in total. The SMILES string of the molecule is OC(Cc1cncc(Br)c1)c1cc(Cl)cc(Br)c1. The Hall–Kier alpha value is -0.420. The molecular weight excluding hydrogens is 381 g/mol. The van der Waals surface area contributed by atoms with Crippen molar-refractivity contribution in [3.8, 4) is 0 Å². The second-order valence-electron chi connectivity index (χ2n) is 3.93. The molecule has 1 atom stereocenters. The van der Waals surface area contributed by atoms with Crippen molar-refractivity contribution < 1.29 is 5.11 Å². The summed E-state index contributed by atoms with van der Waals surface area (Å²) in [7, 11) is 0. The molecule has 0 aliphatic rings. The maximum Gasteiger partial charge on any atom is 0.0831 e. The normalized spacial score (nSPS) is 12.4. The van der Waals surface area contributed by atoms with Gasteiger partial charge in [0, 0.05) is 32.8 Å². The van der Waals surface area contributed by atoms with E-state index < -0.39 is 6.10 Å². The first-order chi connectivity index (χ1) is 8.54. The number of rotatable bonds is 3. The average molecular weight is 391 g/mol. The van der Waals surface area contributed by atoms with Gasteiger partial charge in [0.15, 0.2) is 0 Å². The second-order valence-corrected chi connectivity index (χ2v) is 6.20. The molecule has 1 unspecified atom stereocenters. The van der Waals surface area contributed by atoms with Gasteiger partial charge in [-0.3, -0.25) is 4.98 Å². The van der Waals surface area contributed by atoms with Gasteiger partial charge in [-0.25, -0.2) is 0 Å². The van der Waals surface area contributed by atoms with Crippen molar-refractivity contribution >= 4 is 43.5 Å². The highest BCUT2D eigenvalue weighted by Gasteiger charge is 2.10. The largest absolute Gasteiger partial charge is 0.388 e. The van der Waals surface area contributed by atoms with E-state index in [1.54, 1.807) is 24.5 Å². The lowest BCUT2D eigenvalue weighted by molar-refractivity contribution is 0.178. The number of aliphatic hydroxyl groups excluding tert-OH is 1. The molecule has 0 aliphatic heterocycles. The van der Waals surface area contributed by atoms with Crippen molar-refractivity contribution in [2.75, 3.05) is 0 Å². The molecule has 0 fully saturated rings. The van der Waals surface area contributed by atoms with Crippen LogP contribution in [0.4, 0.5) is 0 Å². The van der Waals surface area contributed by atoms with Crippen LogP contribution in [0.25, 0.3) is 0 Å². The van der Waals surface area contributed by atoms with Crippen LogP contribution in [0, 0.1) is 0 Å². The second kappa shape index (κ2) is 6.15. The molecule has 1 aromatic heterocycles. The van der Waals surface area contributed by atoms with E-state index in [9.17, 15) is 5.11 Å². The Morgan fingerprint density at radius 2 is 1.89 bits per heavy atom. The molecular formula is C13H10Br2ClNO. The van der Waals surface area contributed by atoms with E-state index >= 15 is 0 Å². The molecule has 1 aromatic carbocycles. The number of halogens is 3. The fourth-order valence-electron chi connectivity index (χ4n) is 1.68. The number of aliphatic hydroxyl groups is 1. The van der Waals surface area contributed by atoms with E-state index in [0.29, 0.717) is 11.4 Å². The maximum atomic E-state index is 10.2. The molecule has 0 bridgehead atoms. The highest BCUT2D eigenvalue weighted by atomic mass is 79.9. The summed E-state index contributed by atoms with van der Waals surface area (Å²) in [6.07, 6.45) is 3.36. The minimum Gasteiger partial charge on any atom is -0.388 e. The lowest BCUT2D eigenvalue weighted by Gasteiger charge is -2.12. The highest BCUT2D eigenvalue weighted by Crippen LogP contribution is 2.26. The van der Waals surface area contributed by atoms with Gasteiger partial charge >= 0.3 is 0 Å². The van der Waals surface area contributed by atoms with Gasteiger partial charge in [-0.15, -0.1) is 0 Å². The van der Waals surface area contributed by atoms with Crippen LogP contribution in [-0.2, 0) is 6.42 Å². The minimum absolute atomic E-state index is 0.499. The minimum atomic E-state index is -0.601. The summed E-state index contributed by atoms with van der Waals surface area (Å²) in [6.45, 7) is 0. The zero-order valence-electron chi connectivity index (χ0n) is 9.28. The first kappa shape index (κ1) is 14.0. The van der Waals surface area contributed by atoms with Crippen LogP contribution in [0.1, 0.15) is 17.2 Å². The van der Waals surface area contributed by atoms with E-state index in [-0.39, 0.29) is 0 Å². The molecule has 0 aliphatic carbocycles. The number of benzene rings is 1. The molecule has 94 valence electrons. The maximum absolute atomic E-state index is 10.2. The summed E-state index contributed by atoms with van der Waals surface area (Å²) >= 11 is 12.7. The topological polar surface area (TPSA) is 33.1 Å². The van der Waals surface area contributed by atoms with Gasteiger partial charge in [-0.05, 0) is 51.3 Å². The number of aromatic nitrogens is 1. The lowest BCUT2D eigenvalue weighted by atomic mass is 10.0. The Balaban J connectivity index is 2.19. The van der Waals surface area contributed by atoms with Gasteiger partial charge in [-0.2, -0.15) is 0 Å². The summed E-state index contributed by atoms with van der Waals surface area (Å²) in [5, 5.41) is 10.8. The molecule has 0 radical (unpaired) electrons. The van der Waals surface area contributed by atoms with Gasteiger partial charge in [0.2, 0.25) is 0 Å². The molecule has 2 rings (SSSR count). The van der Waals surface area contributed by atoms with Crippen LogP contribution in [0.5, 0.6) is 0 Å². The van der Waals surface area contributed by atoms with E-state index in [4.69, 9.17) is 11.6 Å². The smallest absolute Gasteiger partial charge is 0.0831 e. The summed E-state index contributed by atoms with van der Waals surface area (Å²) < 4.78 is 1.76. The third kappa shape index (κ3) is 3.79. The van der Waals surface area contributed by atoms with Crippen LogP contribution in [0.3, 0.4) is 0 Å². The molecule has 0 saturated heterocycles. The molecule has 18 heavy (non-hydrogen) atoms. The van der Waals surface area contributed by atoms with Gasteiger partial charge in [0.05, 0.1) is 6.10 Å². The Bertz CT molecular complexity index is 542. The monoisotopic (exact) mass is 389 g/mol. The Labute approximate surface area is 127 Å². The fourth-order valence-corrected chi connectivity index (χ4v) is 2.97. The lowest BCUT2D eigenvalue weighted by Crippen LogP contribution is -2.02. The Morgan fingerprint density at radius 1 is 1.11 bits per heavy atom. The van der Waals surface area contributed by atoms with Crippen LogP contribution in [0.2, 0.25) is 5.02 Å². The number of nitrogens with zero attached hydrogens (tertiary/aromatic N) is 1. The van der Waals surface area contributed by atoms with Crippen molar-refractivity contribution in [3.05, 3.63) is 61.8 Å². The summed E-state index contributed by atoms with van der Waals surface area (Å²) in [5.74, 6) is 0. The third-order valence-electron chi connectivity index (χ3n) is 2.46. The van der Waals surface area contributed by atoms with Crippen LogP contribution in [0.15, 0.2) is 45.6 Å². The molecule has 5 heteroatoms. The highest BCUT2D eigenvalue weighted by molar-refractivity contribution is 9.10. The van der Waals surface area contributed by atoms with Crippen LogP contribution in [-0.4, -0.2) is 10.1 Å². The average Bonchev–Trinajstić information content (AvgIpc) is 2.27.